The van der Waals surface area contributed by atoms with E-state index in [2.05, 4.69) is 10.3 Å². The molecular weight excluding hydrogens is 502 g/mol. The van der Waals surface area contributed by atoms with Gasteiger partial charge in [-0.05, 0) is 62.7 Å². The summed E-state index contributed by atoms with van der Waals surface area (Å²) in [5, 5.41) is 2.73. The summed E-state index contributed by atoms with van der Waals surface area (Å²) in [4.78, 5) is 30.3. The Hall–Kier alpha value is -4.24. The molecule has 0 atom stereocenters. The molecular formula is C27H23ClF2N4O3. The van der Waals surface area contributed by atoms with Crippen LogP contribution in [-0.4, -0.2) is 21.2 Å². The molecule has 37 heavy (non-hydrogen) atoms. The van der Waals surface area contributed by atoms with Gasteiger partial charge in [-0.1, -0.05) is 11.6 Å². The first-order valence-corrected chi connectivity index (χ1v) is 11.7. The van der Waals surface area contributed by atoms with Gasteiger partial charge in [0.2, 0.25) is 0 Å². The summed E-state index contributed by atoms with van der Waals surface area (Å²) in [7, 11) is 0. The summed E-state index contributed by atoms with van der Waals surface area (Å²) in [5.74, 6) is -1.97. The highest BCUT2D eigenvalue weighted by Gasteiger charge is 2.27. The third kappa shape index (κ3) is 5.03. The maximum atomic E-state index is 14.8. The average Bonchev–Trinajstić information content (AvgIpc) is 3.12. The zero-order valence-electron chi connectivity index (χ0n) is 20.2. The third-order valence-electron chi connectivity index (χ3n) is 5.92. The number of carbonyl (C=O) groups is 2. The fourth-order valence-corrected chi connectivity index (χ4v) is 4.30. The fraction of sp³-hybridized carbons (Fsp3) is 0.148. The number of carbonyl (C=O) groups excluding carboxylic acids is 2. The van der Waals surface area contributed by atoms with Crippen molar-refractivity contribution in [2.45, 2.75) is 27.3 Å². The van der Waals surface area contributed by atoms with Crippen LogP contribution in [0.4, 0.5) is 20.3 Å². The van der Waals surface area contributed by atoms with Crippen LogP contribution < -0.4 is 15.8 Å². The molecule has 1 amide bonds. The van der Waals surface area contributed by atoms with Crippen molar-refractivity contribution >= 4 is 34.8 Å². The minimum Gasteiger partial charge on any atom is -0.453 e. The highest BCUT2D eigenvalue weighted by molar-refractivity contribution is 6.34. The van der Waals surface area contributed by atoms with Crippen molar-refractivity contribution in [3.05, 3.63) is 99.5 Å². The fourth-order valence-electron chi connectivity index (χ4n) is 4.15. The third-order valence-corrected chi connectivity index (χ3v) is 6.30. The molecule has 0 aliphatic carbocycles. The molecule has 0 saturated carbocycles. The van der Waals surface area contributed by atoms with Gasteiger partial charge in [0, 0.05) is 47.4 Å². The molecule has 10 heteroatoms. The molecule has 2 heterocycles. The smallest absolute Gasteiger partial charge is 0.272 e. The first-order valence-electron chi connectivity index (χ1n) is 11.3. The molecule has 2 aromatic carbocycles. The number of anilines is 2. The van der Waals surface area contributed by atoms with E-state index in [0.29, 0.717) is 28.9 Å². The molecule has 0 radical (unpaired) electrons. The van der Waals surface area contributed by atoms with Gasteiger partial charge in [0.05, 0.1) is 0 Å². The molecule has 3 N–H and O–H groups in total. The predicted molar refractivity (Wildman–Crippen MR) is 137 cm³/mol. The van der Waals surface area contributed by atoms with Crippen molar-refractivity contribution in [2.24, 2.45) is 0 Å². The van der Waals surface area contributed by atoms with E-state index in [1.54, 1.807) is 18.4 Å². The minimum absolute atomic E-state index is 0.0466. The number of hydrogen-bond donors (Lipinski definition) is 2. The monoisotopic (exact) mass is 524 g/mol. The Morgan fingerprint density at radius 3 is 2.43 bits per heavy atom. The number of nitrogens with two attached hydrogens (primary N) is 1. The number of nitrogen functional groups attached to an aromatic ring is 1. The molecule has 0 bridgehead atoms. The number of benzene rings is 2. The van der Waals surface area contributed by atoms with Crippen LogP contribution in [0.2, 0.25) is 5.02 Å². The van der Waals surface area contributed by atoms with Crippen LogP contribution in [0.5, 0.6) is 11.5 Å². The Balaban J connectivity index is 1.61. The van der Waals surface area contributed by atoms with Crippen molar-refractivity contribution < 1.29 is 23.1 Å². The van der Waals surface area contributed by atoms with E-state index >= 15 is 0 Å². The van der Waals surface area contributed by atoms with Gasteiger partial charge >= 0.3 is 0 Å². The van der Waals surface area contributed by atoms with Gasteiger partial charge in [0.15, 0.2) is 23.1 Å². The van der Waals surface area contributed by atoms with Crippen molar-refractivity contribution in [1.29, 1.82) is 0 Å². The molecule has 0 saturated heterocycles. The molecule has 4 aromatic rings. The minimum atomic E-state index is -0.741. The Kier molecular flexibility index (Phi) is 7.26. The molecule has 0 fully saturated rings. The lowest BCUT2D eigenvalue weighted by Crippen LogP contribution is -2.18. The summed E-state index contributed by atoms with van der Waals surface area (Å²) in [6, 6.07) is 10.6. The topological polar surface area (TPSA) is 99.2 Å². The van der Waals surface area contributed by atoms with Gasteiger partial charge in [-0.2, -0.15) is 0 Å². The number of hydrogen-bond acceptors (Lipinski definition) is 5. The van der Waals surface area contributed by atoms with Gasteiger partial charge in [0.1, 0.15) is 22.4 Å². The van der Waals surface area contributed by atoms with Gasteiger partial charge in [0.25, 0.3) is 5.91 Å². The zero-order valence-corrected chi connectivity index (χ0v) is 21.0. The Morgan fingerprint density at radius 1 is 1.08 bits per heavy atom. The van der Waals surface area contributed by atoms with E-state index in [1.807, 2.05) is 6.92 Å². The maximum absolute atomic E-state index is 14.8. The molecule has 0 unspecified atom stereocenters. The van der Waals surface area contributed by atoms with Crippen LogP contribution in [0, 0.1) is 25.5 Å². The van der Waals surface area contributed by atoms with E-state index < -0.39 is 17.5 Å². The first-order chi connectivity index (χ1) is 17.6. The zero-order chi connectivity index (χ0) is 26.9. The summed E-state index contributed by atoms with van der Waals surface area (Å²) >= 11 is 6.05. The van der Waals surface area contributed by atoms with Crippen LogP contribution in [0.25, 0.3) is 0 Å². The van der Waals surface area contributed by atoms with Crippen molar-refractivity contribution in [1.82, 2.24) is 9.55 Å². The summed E-state index contributed by atoms with van der Waals surface area (Å²) in [6.45, 7) is 5.68. The van der Waals surface area contributed by atoms with E-state index in [9.17, 15) is 18.4 Å². The molecule has 4 rings (SSSR count). The lowest BCUT2D eigenvalue weighted by Gasteiger charge is -2.12. The van der Waals surface area contributed by atoms with E-state index in [1.165, 1.54) is 48.7 Å². The number of aromatic nitrogens is 2. The quantitative estimate of drug-likeness (QED) is 0.276. The highest BCUT2D eigenvalue weighted by Crippen LogP contribution is 2.34. The van der Waals surface area contributed by atoms with Crippen LogP contribution >= 0.6 is 11.6 Å². The molecule has 2 aromatic heterocycles. The summed E-state index contributed by atoms with van der Waals surface area (Å²) in [6.07, 6.45) is 1.38. The number of pyridine rings is 1. The predicted octanol–water partition coefficient (Wildman–Crippen LogP) is 6.31. The normalized spacial score (nSPS) is 10.9. The van der Waals surface area contributed by atoms with Gasteiger partial charge in [-0.25, -0.2) is 13.8 Å². The molecule has 190 valence electrons. The van der Waals surface area contributed by atoms with Crippen LogP contribution in [-0.2, 0) is 6.54 Å². The summed E-state index contributed by atoms with van der Waals surface area (Å²) < 4.78 is 35.3. The number of rotatable bonds is 7. The van der Waals surface area contributed by atoms with Gasteiger partial charge < -0.3 is 20.4 Å². The maximum Gasteiger partial charge on any atom is 0.272 e. The molecule has 0 aliphatic rings. The Bertz CT molecular complexity index is 1520. The Morgan fingerprint density at radius 2 is 1.78 bits per heavy atom. The standard InChI is InChI=1S/C27H23ClF2N4O3/c1-4-34-15(3)22(25(35)16-5-7-17(29)8-6-16)14(2)24(34)27(36)33-18-9-10-20(19(30)13-18)37-21-11-12-32-26(31)23(21)28/h5-13H,4H2,1-3H3,(H2,31,32)(H,33,36). The second-order valence-corrected chi connectivity index (χ2v) is 8.60. The molecule has 0 spiro atoms. The second kappa shape index (κ2) is 10.4. The van der Waals surface area contributed by atoms with Crippen LogP contribution in [0.1, 0.15) is 44.6 Å². The Labute approximate surface area is 216 Å². The highest BCUT2D eigenvalue weighted by atomic mass is 35.5. The van der Waals surface area contributed by atoms with Crippen molar-refractivity contribution in [2.75, 3.05) is 11.1 Å². The molecule has 7 nitrogen and oxygen atoms in total. The number of nitrogens with one attached hydrogen (secondary N) is 1. The lowest BCUT2D eigenvalue weighted by molar-refractivity contribution is 0.101. The first kappa shape index (κ1) is 25.8. The lowest BCUT2D eigenvalue weighted by atomic mass is 9.99. The van der Waals surface area contributed by atoms with Crippen LogP contribution in [0.15, 0.2) is 54.7 Å². The van der Waals surface area contributed by atoms with Crippen molar-refractivity contribution in [3.63, 3.8) is 0 Å². The summed E-state index contributed by atoms with van der Waals surface area (Å²) in [5.41, 5.74) is 7.84. The van der Waals surface area contributed by atoms with Crippen LogP contribution in [0.3, 0.4) is 0 Å². The van der Waals surface area contributed by atoms with Crippen molar-refractivity contribution in [3.8, 4) is 11.5 Å². The number of ketones is 1. The second-order valence-electron chi connectivity index (χ2n) is 8.22. The molecule has 0 aliphatic heterocycles. The van der Waals surface area contributed by atoms with E-state index in [0.717, 1.165) is 6.07 Å². The SMILES string of the molecule is CCn1c(C)c(C(=O)c2ccc(F)cc2)c(C)c1C(=O)Nc1ccc(Oc2ccnc(N)c2Cl)c(F)c1. The number of amides is 1. The van der Waals surface area contributed by atoms with Gasteiger partial charge in [-0.15, -0.1) is 0 Å². The van der Waals surface area contributed by atoms with Gasteiger partial charge in [-0.3, -0.25) is 9.59 Å². The largest absolute Gasteiger partial charge is 0.453 e. The number of nitrogens with zero attached hydrogens (tertiary/aromatic N) is 2. The van der Waals surface area contributed by atoms with E-state index in [-0.39, 0.29) is 39.5 Å². The van der Waals surface area contributed by atoms with E-state index in [4.69, 9.17) is 22.1 Å². The number of halogens is 3. The average molecular weight is 525 g/mol. The number of ether oxygens (including phenoxy) is 1.